The van der Waals surface area contributed by atoms with Crippen molar-refractivity contribution < 1.29 is 9.90 Å². The molecule has 1 atom stereocenters. The van der Waals surface area contributed by atoms with Crippen LogP contribution in [0.1, 0.15) is 6.92 Å². The second-order valence-electron chi connectivity index (χ2n) is 2.68. The van der Waals surface area contributed by atoms with Crippen LogP contribution in [0.15, 0.2) is 39.0 Å². The predicted molar refractivity (Wildman–Crippen MR) is 55.8 cm³/mol. The van der Waals surface area contributed by atoms with Crippen LogP contribution in [0.5, 0.6) is 0 Å². The molecule has 74 valence electrons. The highest BCUT2D eigenvalue weighted by molar-refractivity contribution is 9.10. The molecule has 0 radical (unpaired) electrons. The SMILES string of the molecule is CC(N=Nc1ccccc1Br)C(=O)O. The summed E-state index contributed by atoms with van der Waals surface area (Å²) in [5, 5.41) is 16.0. The van der Waals surface area contributed by atoms with Crippen molar-refractivity contribution >= 4 is 27.6 Å². The van der Waals surface area contributed by atoms with Crippen molar-refractivity contribution in [3.8, 4) is 0 Å². The van der Waals surface area contributed by atoms with Crippen molar-refractivity contribution in [2.75, 3.05) is 0 Å². The summed E-state index contributed by atoms with van der Waals surface area (Å²) in [5.41, 5.74) is 0.626. The largest absolute Gasteiger partial charge is 0.480 e. The number of benzene rings is 1. The van der Waals surface area contributed by atoms with Crippen LogP contribution < -0.4 is 0 Å². The summed E-state index contributed by atoms with van der Waals surface area (Å²) in [6.07, 6.45) is 0. The Morgan fingerprint density at radius 1 is 1.50 bits per heavy atom. The van der Waals surface area contributed by atoms with E-state index in [4.69, 9.17) is 5.11 Å². The summed E-state index contributed by atoms with van der Waals surface area (Å²) in [6, 6.07) is 6.41. The fraction of sp³-hybridized carbons (Fsp3) is 0.222. The van der Waals surface area contributed by atoms with Crippen LogP contribution >= 0.6 is 15.9 Å². The molecule has 0 aliphatic carbocycles. The summed E-state index contributed by atoms with van der Waals surface area (Å²) < 4.78 is 0.793. The average Bonchev–Trinajstić information content (AvgIpc) is 2.16. The zero-order valence-electron chi connectivity index (χ0n) is 7.51. The first-order valence-corrected chi connectivity index (χ1v) is 4.78. The number of nitrogens with zero attached hydrogens (tertiary/aromatic N) is 2. The summed E-state index contributed by atoms with van der Waals surface area (Å²) in [7, 11) is 0. The van der Waals surface area contributed by atoms with E-state index in [1.807, 2.05) is 18.2 Å². The fourth-order valence-electron chi connectivity index (χ4n) is 0.731. The Labute approximate surface area is 89.8 Å². The van der Waals surface area contributed by atoms with Gasteiger partial charge in [0.25, 0.3) is 0 Å². The maximum atomic E-state index is 10.4. The second kappa shape index (κ2) is 4.85. The number of carbonyl (C=O) groups is 1. The van der Waals surface area contributed by atoms with Crippen LogP contribution in [0.3, 0.4) is 0 Å². The van der Waals surface area contributed by atoms with Crippen LogP contribution in [0, 0.1) is 0 Å². The Morgan fingerprint density at radius 2 is 2.14 bits per heavy atom. The van der Waals surface area contributed by atoms with Crippen molar-refractivity contribution in [2.24, 2.45) is 10.2 Å². The fourth-order valence-corrected chi connectivity index (χ4v) is 1.10. The van der Waals surface area contributed by atoms with Crippen LogP contribution in [0.4, 0.5) is 5.69 Å². The minimum Gasteiger partial charge on any atom is -0.480 e. The highest BCUT2D eigenvalue weighted by atomic mass is 79.9. The van der Waals surface area contributed by atoms with Gasteiger partial charge in [-0.3, -0.25) is 0 Å². The Hall–Kier alpha value is -1.23. The lowest BCUT2D eigenvalue weighted by atomic mass is 10.3. The highest BCUT2D eigenvalue weighted by Crippen LogP contribution is 2.24. The monoisotopic (exact) mass is 256 g/mol. The minimum absolute atomic E-state index is 0.626. The van der Waals surface area contributed by atoms with Gasteiger partial charge in [0, 0.05) is 4.47 Å². The number of hydrogen-bond acceptors (Lipinski definition) is 3. The molecule has 4 nitrogen and oxygen atoms in total. The summed E-state index contributed by atoms with van der Waals surface area (Å²) in [4.78, 5) is 10.4. The molecule has 0 amide bonds. The third kappa shape index (κ3) is 2.92. The van der Waals surface area contributed by atoms with Crippen LogP contribution in [-0.2, 0) is 4.79 Å². The molecule has 5 heteroatoms. The van der Waals surface area contributed by atoms with Gasteiger partial charge < -0.3 is 5.11 Å². The molecule has 1 aromatic carbocycles. The van der Waals surface area contributed by atoms with Gasteiger partial charge in [-0.25, -0.2) is 4.79 Å². The van der Waals surface area contributed by atoms with Crippen LogP contribution in [0.2, 0.25) is 0 Å². The second-order valence-corrected chi connectivity index (χ2v) is 3.54. The number of azo groups is 1. The predicted octanol–water partition coefficient (Wildman–Crippen LogP) is 3.01. The van der Waals surface area contributed by atoms with Gasteiger partial charge in [0.1, 0.15) is 0 Å². The Kier molecular flexibility index (Phi) is 3.76. The van der Waals surface area contributed by atoms with E-state index in [0.29, 0.717) is 5.69 Å². The van der Waals surface area contributed by atoms with Crippen molar-refractivity contribution in [2.45, 2.75) is 13.0 Å². The van der Waals surface area contributed by atoms with Crippen molar-refractivity contribution in [1.29, 1.82) is 0 Å². The van der Waals surface area contributed by atoms with E-state index >= 15 is 0 Å². The van der Waals surface area contributed by atoms with Gasteiger partial charge in [0.15, 0.2) is 6.04 Å². The molecule has 1 aromatic rings. The van der Waals surface area contributed by atoms with Crippen molar-refractivity contribution in [3.63, 3.8) is 0 Å². The first-order chi connectivity index (χ1) is 6.61. The summed E-state index contributed by atoms with van der Waals surface area (Å²) in [5.74, 6) is -0.985. The normalized spacial score (nSPS) is 13.0. The van der Waals surface area contributed by atoms with Gasteiger partial charge in [-0.15, -0.1) is 0 Å². The lowest BCUT2D eigenvalue weighted by molar-refractivity contribution is -0.138. The third-order valence-corrected chi connectivity index (χ3v) is 2.22. The number of carboxylic acid groups (broad SMARTS) is 1. The molecule has 1 N–H and O–H groups in total. The van der Waals surface area contributed by atoms with Gasteiger partial charge in [0.05, 0.1) is 5.69 Å². The van der Waals surface area contributed by atoms with Gasteiger partial charge in [-0.1, -0.05) is 12.1 Å². The smallest absolute Gasteiger partial charge is 0.330 e. The van der Waals surface area contributed by atoms with Gasteiger partial charge in [-0.2, -0.15) is 10.2 Å². The Morgan fingerprint density at radius 3 is 2.71 bits per heavy atom. The number of rotatable bonds is 3. The van der Waals surface area contributed by atoms with Gasteiger partial charge >= 0.3 is 5.97 Å². The van der Waals surface area contributed by atoms with E-state index in [1.165, 1.54) is 6.92 Å². The molecule has 0 saturated carbocycles. The molecule has 0 aromatic heterocycles. The van der Waals surface area contributed by atoms with Gasteiger partial charge in [0.2, 0.25) is 0 Å². The molecular formula is C9H9BrN2O2. The van der Waals surface area contributed by atoms with E-state index in [-0.39, 0.29) is 0 Å². The lowest BCUT2D eigenvalue weighted by Gasteiger charge is -1.98. The minimum atomic E-state index is -0.985. The molecule has 0 aliphatic rings. The molecule has 0 spiro atoms. The van der Waals surface area contributed by atoms with E-state index in [1.54, 1.807) is 6.07 Å². The first-order valence-electron chi connectivity index (χ1n) is 3.99. The Bertz CT molecular complexity index is 366. The molecule has 0 aliphatic heterocycles. The quantitative estimate of drug-likeness (QED) is 0.846. The molecule has 0 bridgehead atoms. The maximum Gasteiger partial charge on any atom is 0.330 e. The van der Waals surface area contributed by atoms with Crippen LogP contribution in [-0.4, -0.2) is 17.1 Å². The number of carboxylic acids is 1. The van der Waals surface area contributed by atoms with Crippen LogP contribution in [0.25, 0.3) is 0 Å². The molecule has 0 saturated heterocycles. The van der Waals surface area contributed by atoms with E-state index in [9.17, 15) is 4.79 Å². The standard InChI is InChI=1S/C9H9BrN2O2/c1-6(9(13)14)11-12-8-5-3-2-4-7(8)10/h2-6H,1H3,(H,13,14). The molecular weight excluding hydrogens is 248 g/mol. The van der Waals surface area contributed by atoms with Crippen molar-refractivity contribution in [1.82, 2.24) is 0 Å². The topological polar surface area (TPSA) is 62.0 Å². The Balaban J connectivity index is 2.78. The van der Waals surface area contributed by atoms with Crippen molar-refractivity contribution in [3.05, 3.63) is 28.7 Å². The lowest BCUT2D eigenvalue weighted by Crippen LogP contribution is -2.11. The van der Waals surface area contributed by atoms with Gasteiger partial charge in [-0.05, 0) is 35.0 Å². The van der Waals surface area contributed by atoms with E-state index in [2.05, 4.69) is 26.2 Å². The molecule has 1 rings (SSSR count). The third-order valence-electron chi connectivity index (χ3n) is 1.55. The summed E-state index contributed by atoms with van der Waals surface area (Å²) >= 11 is 3.28. The van der Waals surface area contributed by atoms with E-state index < -0.39 is 12.0 Å². The molecule has 1 unspecified atom stereocenters. The first kappa shape index (κ1) is 10.8. The number of aliphatic carboxylic acids is 1. The number of halogens is 1. The molecule has 0 heterocycles. The number of hydrogen-bond donors (Lipinski definition) is 1. The summed E-state index contributed by atoms with van der Waals surface area (Å²) in [6.45, 7) is 1.47. The average molecular weight is 257 g/mol. The highest BCUT2D eigenvalue weighted by Gasteiger charge is 2.08. The molecule has 14 heavy (non-hydrogen) atoms. The molecule has 0 fully saturated rings. The zero-order chi connectivity index (χ0) is 10.6. The maximum absolute atomic E-state index is 10.4. The zero-order valence-corrected chi connectivity index (χ0v) is 9.10. The van der Waals surface area contributed by atoms with E-state index in [0.717, 1.165) is 4.47 Å².